The van der Waals surface area contributed by atoms with Crippen molar-refractivity contribution in [2.45, 2.75) is 18.8 Å². The minimum atomic E-state index is -1.09. The minimum absolute atomic E-state index is 0.125. The van der Waals surface area contributed by atoms with E-state index >= 15 is 0 Å². The Morgan fingerprint density at radius 2 is 2.05 bits per heavy atom. The van der Waals surface area contributed by atoms with Crippen LogP contribution in [0.3, 0.4) is 0 Å². The molecule has 0 amide bonds. The highest BCUT2D eigenvalue weighted by Gasteiger charge is 2.21. The van der Waals surface area contributed by atoms with Gasteiger partial charge in [0.05, 0.1) is 0 Å². The number of hydrogen-bond donors (Lipinski definition) is 2. The molecule has 2 aromatic rings. The Morgan fingerprint density at radius 1 is 1.30 bits per heavy atom. The number of nitrogens with zero attached hydrogens (tertiary/aromatic N) is 1. The van der Waals surface area contributed by atoms with E-state index in [1.165, 1.54) is 11.6 Å². The Hall–Kier alpha value is -2.14. The van der Waals surface area contributed by atoms with Crippen LogP contribution in [0.15, 0.2) is 34.9 Å². The standard InChI is InChI=1S/C15H16N2O3/c18-15(19)14-9-13(17-20-14)12-4-2-1-3-11(12)10-5-7-16-8-6-10/h1-4,9-10,16H,5-8H2,(H,18,19). The lowest BCUT2D eigenvalue weighted by Crippen LogP contribution is -2.26. The fourth-order valence-electron chi connectivity index (χ4n) is 2.72. The summed E-state index contributed by atoms with van der Waals surface area (Å²) in [4.78, 5) is 10.9. The van der Waals surface area contributed by atoms with Gasteiger partial charge in [-0.3, -0.25) is 0 Å². The quantitative estimate of drug-likeness (QED) is 0.898. The Labute approximate surface area is 116 Å². The first-order valence-electron chi connectivity index (χ1n) is 6.76. The largest absolute Gasteiger partial charge is 0.475 e. The summed E-state index contributed by atoms with van der Waals surface area (Å²) >= 11 is 0. The SMILES string of the molecule is O=C(O)c1cc(-c2ccccc2C2CCNCC2)no1. The zero-order chi connectivity index (χ0) is 13.9. The van der Waals surface area contributed by atoms with Crippen LogP contribution < -0.4 is 5.32 Å². The third kappa shape index (κ3) is 2.44. The van der Waals surface area contributed by atoms with Crippen LogP contribution in [0.2, 0.25) is 0 Å². The number of nitrogens with one attached hydrogen (secondary N) is 1. The number of carboxylic acids is 1. The van der Waals surface area contributed by atoms with Gasteiger partial charge in [0, 0.05) is 11.6 Å². The maximum atomic E-state index is 10.9. The minimum Gasteiger partial charge on any atom is -0.475 e. The molecule has 1 fully saturated rings. The molecule has 1 aromatic heterocycles. The molecule has 1 aliphatic rings. The molecule has 0 radical (unpaired) electrons. The van der Waals surface area contributed by atoms with Crippen molar-refractivity contribution < 1.29 is 14.4 Å². The average molecular weight is 272 g/mol. The smallest absolute Gasteiger partial charge is 0.374 e. The zero-order valence-electron chi connectivity index (χ0n) is 11.0. The van der Waals surface area contributed by atoms with Crippen LogP contribution in [-0.2, 0) is 0 Å². The predicted octanol–water partition coefficient (Wildman–Crippen LogP) is 2.51. The van der Waals surface area contributed by atoms with Gasteiger partial charge in [-0.1, -0.05) is 29.4 Å². The number of aromatic carboxylic acids is 1. The van der Waals surface area contributed by atoms with Gasteiger partial charge >= 0.3 is 5.97 Å². The second kappa shape index (κ2) is 5.46. The number of carbonyl (C=O) groups is 1. The number of piperidine rings is 1. The molecule has 1 aromatic carbocycles. The molecule has 2 heterocycles. The average Bonchev–Trinajstić information content (AvgIpc) is 2.98. The summed E-state index contributed by atoms with van der Waals surface area (Å²) in [5.41, 5.74) is 2.78. The van der Waals surface area contributed by atoms with Gasteiger partial charge in [-0.2, -0.15) is 0 Å². The van der Waals surface area contributed by atoms with Crippen molar-refractivity contribution >= 4 is 5.97 Å². The van der Waals surface area contributed by atoms with E-state index in [-0.39, 0.29) is 5.76 Å². The van der Waals surface area contributed by atoms with Crippen LogP contribution in [0.5, 0.6) is 0 Å². The number of hydrogen-bond acceptors (Lipinski definition) is 4. The van der Waals surface area contributed by atoms with Gasteiger partial charge in [-0.15, -0.1) is 0 Å². The molecule has 5 nitrogen and oxygen atoms in total. The molecule has 5 heteroatoms. The highest BCUT2D eigenvalue weighted by Crippen LogP contribution is 2.33. The highest BCUT2D eigenvalue weighted by molar-refractivity contribution is 5.85. The van der Waals surface area contributed by atoms with E-state index in [2.05, 4.69) is 16.5 Å². The van der Waals surface area contributed by atoms with E-state index in [1.807, 2.05) is 18.2 Å². The first-order chi connectivity index (χ1) is 9.75. The van der Waals surface area contributed by atoms with Gasteiger partial charge in [-0.05, 0) is 37.4 Å². The summed E-state index contributed by atoms with van der Waals surface area (Å²) in [6.45, 7) is 2.02. The maximum absolute atomic E-state index is 10.9. The topological polar surface area (TPSA) is 75.4 Å². The van der Waals surface area contributed by atoms with Gasteiger partial charge in [0.2, 0.25) is 5.76 Å². The Balaban J connectivity index is 1.97. The van der Waals surface area contributed by atoms with Crippen LogP contribution >= 0.6 is 0 Å². The lowest BCUT2D eigenvalue weighted by Gasteiger charge is -2.24. The van der Waals surface area contributed by atoms with E-state index in [0.29, 0.717) is 11.6 Å². The third-order valence-corrected chi connectivity index (χ3v) is 3.74. The van der Waals surface area contributed by atoms with Crippen LogP contribution in [0.1, 0.15) is 34.9 Å². The van der Waals surface area contributed by atoms with E-state index in [9.17, 15) is 4.79 Å². The molecule has 104 valence electrons. The van der Waals surface area contributed by atoms with Gasteiger partial charge in [0.15, 0.2) is 0 Å². The Bertz CT molecular complexity index is 615. The summed E-state index contributed by atoms with van der Waals surface area (Å²) in [6, 6.07) is 9.51. The van der Waals surface area contributed by atoms with Crippen molar-refractivity contribution in [3.8, 4) is 11.3 Å². The first-order valence-corrected chi connectivity index (χ1v) is 6.76. The third-order valence-electron chi connectivity index (χ3n) is 3.74. The fraction of sp³-hybridized carbons (Fsp3) is 0.333. The molecule has 3 rings (SSSR count). The molecule has 0 unspecified atom stereocenters. The van der Waals surface area contributed by atoms with E-state index in [4.69, 9.17) is 9.63 Å². The van der Waals surface area contributed by atoms with Crippen molar-refractivity contribution in [1.82, 2.24) is 10.5 Å². The predicted molar refractivity (Wildman–Crippen MR) is 73.7 cm³/mol. The Morgan fingerprint density at radius 3 is 2.75 bits per heavy atom. The zero-order valence-corrected chi connectivity index (χ0v) is 11.0. The molecule has 2 N–H and O–H groups in total. The summed E-state index contributed by atoms with van der Waals surface area (Å²) in [7, 11) is 0. The van der Waals surface area contributed by atoms with E-state index in [1.54, 1.807) is 0 Å². The number of aromatic nitrogens is 1. The summed E-state index contributed by atoms with van der Waals surface area (Å²) in [6.07, 6.45) is 2.17. The molecule has 0 atom stereocenters. The molecule has 0 saturated carbocycles. The molecule has 20 heavy (non-hydrogen) atoms. The van der Waals surface area contributed by atoms with Gasteiger partial charge in [0.25, 0.3) is 0 Å². The van der Waals surface area contributed by atoms with Gasteiger partial charge in [0.1, 0.15) is 5.69 Å². The lowest BCUT2D eigenvalue weighted by molar-refractivity contribution is 0.0652. The number of benzene rings is 1. The van der Waals surface area contributed by atoms with Crippen LogP contribution in [0, 0.1) is 0 Å². The molecule has 1 aliphatic heterocycles. The summed E-state index contributed by atoms with van der Waals surface area (Å²) < 4.78 is 4.86. The van der Waals surface area contributed by atoms with Crippen LogP contribution in [-0.4, -0.2) is 29.3 Å². The molecular weight excluding hydrogens is 256 g/mol. The second-order valence-corrected chi connectivity index (χ2v) is 4.99. The first kappa shape index (κ1) is 12.9. The fourth-order valence-corrected chi connectivity index (χ4v) is 2.72. The molecular formula is C15H16N2O3. The van der Waals surface area contributed by atoms with Crippen LogP contribution in [0.4, 0.5) is 0 Å². The van der Waals surface area contributed by atoms with Gasteiger partial charge in [-0.25, -0.2) is 4.79 Å². The van der Waals surface area contributed by atoms with Crippen molar-refractivity contribution in [2.24, 2.45) is 0 Å². The highest BCUT2D eigenvalue weighted by atomic mass is 16.5. The monoisotopic (exact) mass is 272 g/mol. The van der Waals surface area contributed by atoms with Crippen molar-refractivity contribution in [3.05, 3.63) is 41.7 Å². The van der Waals surface area contributed by atoms with Gasteiger partial charge < -0.3 is 14.9 Å². The van der Waals surface area contributed by atoms with E-state index < -0.39 is 5.97 Å². The van der Waals surface area contributed by atoms with Crippen molar-refractivity contribution in [1.29, 1.82) is 0 Å². The maximum Gasteiger partial charge on any atom is 0.374 e. The molecule has 0 spiro atoms. The van der Waals surface area contributed by atoms with E-state index in [0.717, 1.165) is 31.5 Å². The molecule has 0 aliphatic carbocycles. The molecule has 1 saturated heterocycles. The number of carboxylic acid groups (broad SMARTS) is 1. The molecule has 0 bridgehead atoms. The van der Waals surface area contributed by atoms with Crippen molar-refractivity contribution in [2.75, 3.05) is 13.1 Å². The van der Waals surface area contributed by atoms with Crippen molar-refractivity contribution in [3.63, 3.8) is 0 Å². The normalized spacial score (nSPS) is 16.2. The number of rotatable bonds is 3. The summed E-state index contributed by atoms with van der Waals surface area (Å²) in [5.74, 6) is -0.736. The Kier molecular flexibility index (Phi) is 3.52. The lowest BCUT2D eigenvalue weighted by atomic mass is 9.86. The van der Waals surface area contributed by atoms with Crippen LogP contribution in [0.25, 0.3) is 11.3 Å². The second-order valence-electron chi connectivity index (χ2n) is 4.99. The summed E-state index contributed by atoms with van der Waals surface area (Å²) in [5, 5.41) is 16.2.